The summed E-state index contributed by atoms with van der Waals surface area (Å²) in [4.78, 5) is 21.6. The van der Waals surface area contributed by atoms with Crippen LogP contribution in [0.15, 0.2) is 47.4 Å². The number of hydrogen-bond acceptors (Lipinski definition) is 3. The minimum atomic E-state index is -4.48. The maximum Gasteiger partial charge on any atom is 0.416 e. The van der Waals surface area contributed by atoms with Crippen molar-refractivity contribution in [2.75, 3.05) is 0 Å². The highest BCUT2D eigenvalue weighted by molar-refractivity contribution is 5.28. The summed E-state index contributed by atoms with van der Waals surface area (Å²) in [6.07, 6.45) is -3.48. The van der Waals surface area contributed by atoms with Gasteiger partial charge in [0.15, 0.2) is 0 Å². The number of rotatable bonds is 3. The molecule has 2 rings (SSSR count). The molecule has 0 amide bonds. The molecule has 8 heteroatoms. The Morgan fingerprint density at radius 2 is 1.90 bits per heavy atom. The van der Waals surface area contributed by atoms with Crippen LogP contribution in [-0.2, 0) is 12.7 Å². The van der Waals surface area contributed by atoms with Crippen LogP contribution >= 0.6 is 0 Å². The molecule has 0 aliphatic rings. The Morgan fingerprint density at radius 1 is 1.19 bits per heavy atom. The Kier molecular flexibility index (Phi) is 3.79. The molecule has 0 bridgehead atoms. The Bertz CT molecular complexity index is 738. The second-order valence-corrected chi connectivity index (χ2v) is 4.31. The molecule has 21 heavy (non-hydrogen) atoms. The van der Waals surface area contributed by atoms with Gasteiger partial charge < -0.3 is 4.57 Å². The Hall–Kier alpha value is -2.64. The molecular formula is C13H9F3N2O3. The van der Waals surface area contributed by atoms with E-state index in [1.54, 1.807) is 0 Å². The van der Waals surface area contributed by atoms with Crippen molar-refractivity contribution in [1.29, 1.82) is 0 Å². The van der Waals surface area contributed by atoms with Crippen LogP contribution in [-0.4, -0.2) is 9.49 Å². The summed E-state index contributed by atoms with van der Waals surface area (Å²) < 4.78 is 38.8. The zero-order valence-corrected chi connectivity index (χ0v) is 10.5. The third kappa shape index (κ3) is 3.47. The summed E-state index contributed by atoms with van der Waals surface area (Å²) in [7, 11) is 0. The first-order valence-corrected chi connectivity index (χ1v) is 5.78. The quantitative estimate of drug-likeness (QED) is 0.646. The molecule has 0 unspecified atom stereocenters. The van der Waals surface area contributed by atoms with Gasteiger partial charge in [-0.1, -0.05) is 12.1 Å². The maximum absolute atomic E-state index is 12.6. The van der Waals surface area contributed by atoms with Crippen molar-refractivity contribution in [3.63, 3.8) is 0 Å². The van der Waals surface area contributed by atoms with Crippen molar-refractivity contribution < 1.29 is 18.1 Å². The molecule has 0 saturated heterocycles. The first-order valence-electron chi connectivity index (χ1n) is 5.78. The number of halogens is 3. The second kappa shape index (κ2) is 5.39. The summed E-state index contributed by atoms with van der Waals surface area (Å²) in [6, 6.07) is 6.52. The lowest BCUT2D eigenvalue weighted by Gasteiger charge is -2.10. The van der Waals surface area contributed by atoms with Gasteiger partial charge in [0.1, 0.15) is 0 Å². The SMILES string of the molecule is O=c1ccc([N+](=O)[O-])cn1Cc1cccc(C(F)(F)F)c1. The fourth-order valence-corrected chi connectivity index (χ4v) is 1.79. The summed E-state index contributed by atoms with van der Waals surface area (Å²) in [6.45, 7) is -0.176. The number of pyridine rings is 1. The molecule has 0 atom stereocenters. The number of benzene rings is 1. The number of nitrogens with zero attached hydrogens (tertiary/aromatic N) is 2. The lowest BCUT2D eigenvalue weighted by atomic mass is 10.1. The van der Waals surface area contributed by atoms with E-state index in [0.29, 0.717) is 0 Å². The van der Waals surface area contributed by atoms with Crippen molar-refractivity contribution in [2.45, 2.75) is 12.7 Å². The van der Waals surface area contributed by atoms with Gasteiger partial charge in [-0.05, 0) is 17.7 Å². The van der Waals surface area contributed by atoms with E-state index in [1.165, 1.54) is 12.1 Å². The summed E-state index contributed by atoms with van der Waals surface area (Å²) >= 11 is 0. The van der Waals surface area contributed by atoms with Gasteiger partial charge in [-0.2, -0.15) is 13.2 Å². The van der Waals surface area contributed by atoms with Crippen LogP contribution in [0.5, 0.6) is 0 Å². The molecule has 110 valence electrons. The molecule has 0 saturated carbocycles. The Labute approximate surface area is 116 Å². The molecule has 0 aliphatic heterocycles. The molecule has 5 nitrogen and oxygen atoms in total. The van der Waals surface area contributed by atoms with Crippen LogP contribution in [0, 0.1) is 10.1 Å². The fourth-order valence-electron chi connectivity index (χ4n) is 1.79. The number of nitro groups is 1. The standard InChI is InChI=1S/C13H9F3N2O3/c14-13(15,16)10-3-1-2-9(6-10)7-17-8-11(18(20)21)4-5-12(17)19/h1-6,8H,7H2. The van der Waals surface area contributed by atoms with Gasteiger partial charge in [0.2, 0.25) is 0 Å². The summed E-state index contributed by atoms with van der Waals surface area (Å²) in [5.74, 6) is 0. The number of aromatic nitrogens is 1. The van der Waals surface area contributed by atoms with Crippen LogP contribution in [0.4, 0.5) is 18.9 Å². The predicted octanol–water partition coefficient (Wildman–Crippen LogP) is 2.82. The van der Waals surface area contributed by atoms with Crippen LogP contribution in [0.1, 0.15) is 11.1 Å². The third-order valence-corrected chi connectivity index (χ3v) is 2.79. The lowest BCUT2D eigenvalue weighted by Crippen LogP contribution is -2.19. The van der Waals surface area contributed by atoms with E-state index < -0.39 is 22.2 Å². The van der Waals surface area contributed by atoms with E-state index in [1.807, 2.05) is 0 Å². The Morgan fingerprint density at radius 3 is 2.52 bits per heavy atom. The molecule has 0 radical (unpaired) electrons. The fraction of sp³-hybridized carbons (Fsp3) is 0.154. The molecular weight excluding hydrogens is 289 g/mol. The van der Waals surface area contributed by atoms with Gasteiger partial charge in [0.05, 0.1) is 23.2 Å². The van der Waals surface area contributed by atoms with E-state index in [9.17, 15) is 28.1 Å². The largest absolute Gasteiger partial charge is 0.416 e. The minimum Gasteiger partial charge on any atom is -0.304 e. The average Bonchev–Trinajstić information content (AvgIpc) is 2.40. The highest BCUT2D eigenvalue weighted by Gasteiger charge is 2.30. The van der Waals surface area contributed by atoms with E-state index >= 15 is 0 Å². The normalized spacial score (nSPS) is 11.4. The molecule has 0 spiro atoms. The number of hydrogen-bond donors (Lipinski definition) is 0. The molecule has 0 aliphatic carbocycles. The molecule has 0 N–H and O–H groups in total. The van der Waals surface area contributed by atoms with E-state index in [2.05, 4.69) is 0 Å². The Balaban J connectivity index is 2.36. The van der Waals surface area contributed by atoms with Crippen LogP contribution in [0.3, 0.4) is 0 Å². The van der Waals surface area contributed by atoms with Crippen LogP contribution in [0.25, 0.3) is 0 Å². The van der Waals surface area contributed by atoms with E-state index in [0.717, 1.165) is 35.0 Å². The van der Waals surface area contributed by atoms with Crippen molar-refractivity contribution >= 4 is 5.69 Å². The van der Waals surface area contributed by atoms with Gasteiger partial charge in [-0.25, -0.2) is 0 Å². The minimum absolute atomic E-state index is 0.176. The topological polar surface area (TPSA) is 65.1 Å². The maximum atomic E-state index is 12.6. The molecule has 0 fully saturated rings. The van der Waals surface area contributed by atoms with Crippen molar-refractivity contribution in [3.05, 3.63) is 74.2 Å². The zero-order chi connectivity index (χ0) is 15.6. The highest BCUT2D eigenvalue weighted by Crippen LogP contribution is 2.29. The van der Waals surface area contributed by atoms with Crippen molar-refractivity contribution in [1.82, 2.24) is 4.57 Å². The lowest BCUT2D eigenvalue weighted by molar-refractivity contribution is -0.385. The van der Waals surface area contributed by atoms with Gasteiger partial charge in [-0.3, -0.25) is 14.9 Å². The summed E-state index contributed by atoms with van der Waals surface area (Å²) in [5.41, 5.74) is -1.44. The molecule has 1 aromatic carbocycles. The third-order valence-electron chi connectivity index (χ3n) is 2.79. The van der Waals surface area contributed by atoms with Crippen LogP contribution < -0.4 is 5.56 Å². The summed E-state index contributed by atoms with van der Waals surface area (Å²) in [5, 5.41) is 10.6. The number of alkyl halides is 3. The van der Waals surface area contributed by atoms with Gasteiger partial charge in [-0.15, -0.1) is 0 Å². The predicted molar refractivity (Wildman–Crippen MR) is 67.9 cm³/mol. The smallest absolute Gasteiger partial charge is 0.304 e. The molecule has 1 aromatic heterocycles. The van der Waals surface area contributed by atoms with Crippen molar-refractivity contribution in [3.8, 4) is 0 Å². The van der Waals surface area contributed by atoms with E-state index in [4.69, 9.17) is 0 Å². The van der Waals surface area contributed by atoms with Gasteiger partial charge in [0, 0.05) is 12.1 Å². The highest BCUT2D eigenvalue weighted by atomic mass is 19.4. The first kappa shape index (κ1) is 14.8. The van der Waals surface area contributed by atoms with Gasteiger partial charge >= 0.3 is 6.18 Å². The van der Waals surface area contributed by atoms with Crippen molar-refractivity contribution in [2.24, 2.45) is 0 Å². The first-order chi connectivity index (χ1) is 9.77. The van der Waals surface area contributed by atoms with E-state index in [-0.39, 0.29) is 17.8 Å². The second-order valence-electron chi connectivity index (χ2n) is 4.31. The zero-order valence-electron chi connectivity index (χ0n) is 10.5. The van der Waals surface area contributed by atoms with Gasteiger partial charge in [0.25, 0.3) is 11.2 Å². The average molecular weight is 298 g/mol. The molecule has 1 heterocycles. The monoisotopic (exact) mass is 298 g/mol. The molecule has 2 aromatic rings. The van der Waals surface area contributed by atoms with Crippen LogP contribution in [0.2, 0.25) is 0 Å².